The zero-order chi connectivity index (χ0) is 46.2. The number of benzene rings is 2. The predicted octanol–water partition coefficient (Wildman–Crippen LogP) is 4.19. The number of allylic oxidation sites excluding steroid dienone is 4. The van der Waals surface area contributed by atoms with Crippen molar-refractivity contribution in [3.63, 3.8) is 0 Å². The molecule has 1 heterocycles. The number of halogens is 1. The average molecular weight is 971 g/mol. The third-order valence-corrected chi connectivity index (χ3v) is 15.0. The standard InChI is InChI=1S/C45H53BrN3O14P/c1-43-14-13-31(50)19-29(43)10-9-27-18-33(43)35(51)21-44(2)32(27)20-37-45(44,36(52)24-61-64(58,59)60)63-42(62-37)28-7-3-5-25(16-28)15-26-6-4-8-30(17-26)48-41(57)34(11-12-40(55)56)49-39(54)23-47-38(53)22-46/h3-8,13-14,16-17,19,27,32-35,37,42,51H,9-12,15,18,20-24H2,1-2H3,(H,47,53)(H,48,57)(H,49,54)(H,55,56)(H2,58,59,60)/t27-,32+,33-,34+,35+,37-,42-,43+,44+,45-/m1/s1. The first-order valence-corrected chi connectivity index (χ1v) is 23.9. The molecule has 0 aromatic heterocycles. The Hall–Kier alpha value is -4.39. The summed E-state index contributed by atoms with van der Waals surface area (Å²) in [5, 5.41) is 29.0. The SMILES string of the molecule is C[C@]12C=CC(=O)C=C1CC[C@@H]1C[C@@H]2[C@@H](O)C[C@@]2(C)[C@H]1C[C@H]1O[C@@H](c3cccc(Cc4cccc(NC(=O)[C@H](CCC(=O)O)NC(=O)CNC(=O)CBr)c4)c3)O[C@]12C(=O)COP(=O)(O)O. The third kappa shape index (κ3) is 9.75. The summed E-state index contributed by atoms with van der Waals surface area (Å²) in [5.74, 6) is -4.12. The van der Waals surface area contributed by atoms with Crippen molar-refractivity contribution >= 4 is 64.7 Å². The number of alkyl halides is 1. The van der Waals surface area contributed by atoms with Crippen molar-refractivity contribution in [3.8, 4) is 0 Å². The van der Waals surface area contributed by atoms with Gasteiger partial charge < -0.3 is 45.4 Å². The van der Waals surface area contributed by atoms with E-state index in [1.807, 2.05) is 38.1 Å². The number of carboxylic acid groups (broad SMARTS) is 1. The lowest BCUT2D eigenvalue weighted by Gasteiger charge is -2.46. The Balaban J connectivity index is 1.11. The maximum atomic E-state index is 14.6. The summed E-state index contributed by atoms with van der Waals surface area (Å²) in [7, 11) is -5.07. The number of nitrogens with one attached hydrogen (secondary N) is 3. The number of aliphatic hydroxyl groups excluding tert-OH is 1. The largest absolute Gasteiger partial charge is 0.481 e. The van der Waals surface area contributed by atoms with E-state index in [1.54, 1.807) is 42.5 Å². The number of phosphoric acid groups is 1. The Morgan fingerprint density at radius 3 is 2.47 bits per heavy atom. The molecule has 344 valence electrons. The normalized spacial score (nSPS) is 31.0. The van der Waals surface area contributed by atoms with Crippen molar-refractivity contribution in [2.45, 2.75) is 95.4 Å². The molecule has 17 nitrogen and oxygen atoms in total. The number of carbonyl (C=O) groups excluding carboxylic acids is 5. The smallest absolute Gasteiger partial charge is 0.470 e. The van der Waals surface area contributed by atoms with E-state index in [0.29, 0.717) is 43.4 Å². The molecule has 2 aromatic rings. The fraction of sp³-hybridized carbons (Fsp3) is 0.511. The number of phosphoric ester groups is 1. The summed E-state index contributed by atoms with van der Waals surface area (Å²) in [6.07, 6.45) is 4.58. The van der Waals surface area contributed by atoms with Crippen molar-refractivity contribution in [2.24, 2.45) is 28.6 Å². The van der Waals surface area contributed by atoms with Gasteiger partial charge in [-0.3, -0.25) is 33.3 Å². The summed E-state index contributed by atoms with van der Waals surface area (Å²) < 4.78 is 30.2. The molecular formula is C45H53BrN3O14P. The third-order valence-electron chi connectivity index (χ3n) is 14.0. The van der Waals surface area contributed by atoms with Gasteiger partial charge in [0, 0.05) is 28.5 Å². The molecule has 3 saturated carbocycles. The molecule has 64 heavy (non-hydrogen) atoms. The number of aliphatic hydroxyl groups is 1. The van der Waals surface area contributed by atoms with Gasteiger partial charge in [0.1, 0.15) is 12.6 Å². The topological polar surface area (TPSA) is 264 Å². The molecule has 7 N–H and O–H groups in total. The average Bonchev–Trinajstić information content (AvgIpc) is 3.65. The summed E-state index contributed by atoms with van der Waals surface area (Å²) in [4.78, 5) is 95.0. The van der Waals surface area contributed by atoms with Crippen molar-refractivity contribution < 1.29 is 67.3 Å². The molecule has 2 bridgehead atoms. The van der Waals surface area contributed by atoms with Crippen LogP contribution in [0.5, 0.6) is 0 Å². The number of hydrogen-bond acceptors (Lipinski definition) is 11. The number of rotatable bonds is 16. The minimum atomic E-state index is -5.07. The van der Waals surface area contributed by atoms with Crippen molar-refractivity contribution in [2.75, 3.05) is 23.8 Å². The fourth-order valence-electron chi connectivity index (χ4n) is 11.0. The van der Waals surface area contributed by atoms with E-state index in [9.17, 15) is 53.3 Å². The first-order valence-electron chi connectivity index (χ1n) is 21.3. The summed E-state index contributed by atoms with van der Waals surface area (Å²) in [6.45, 7) is 2.62. The molecular weight excluding hydrogens is 917 g/mol. The predicted molar refractivity (Wildman–Crippen MR) is 232 cm³/mol. The lowest BCUT2D eigenvalue weighted by molar-refractivity contribution is -0.178. The highest BCUT2D eigenvalue weighted by atomic mass is 79.9. The van der Waals surface area contributed by atoms with Gasteiger partial charge in [-0.05, 0) is 98.1 Å². The molecule has 7 rings (SSSR count). The molecule has 0 unspecified atom stereocenters. The number of amides is 3. The molecule has 0 radical (unpaired) electrons. The van der Waals surface area contributed by atoms with Gasteiger partial charge in [-0.1, -0.05) is 77.8 Å². The first kappa shape index (κ1) is 47.6. The van der Waals surface area contributed by atoms with E-state index in [4.69, 9.17) is 14.0 Å². The number of aliphatic carboxylic acids is 1. The number of Topliss-reactive ketones (excluding diaryl/α,β-unsaturated/α-hetero) is 1. The molecule has 19 heteroatoms. The van der Waals surface area contributed by atoms with Crippen LogP contribution in [-0.2, 0) is 53.8 Å². The fourth-order valence-corrected chi connectivity index (χ4v) is 11.5. The number of carboxylic acids is 1. The van der Waals surface area contributed by atoms with Crippen LogP contribution in [0.4, 0.5) is 5.69 Å². The van der Waals surface area contributed by atoms with E-state index in [-0.39, 0.29) is 41.7 Å². The number of carbonyl (C=O) groups is 6. The van der Waals surface area contributed by atoms with E-state index in [2.05, 4.69) is 31.9 Å². The lowest BCUT2D eigenvalue weighted by atomic mass is 9.61. The van der Waals surface area contributed by atoms with Crippen LogP contribution in [-0.4, -0.2) is 97.6 Å². The van der Waals surface area contributed by atoms with Gasteiger partial charge in [-0.25, -0.2) is 4.57 Å². The molecule has 4 aliphatic carbocycles. The minimum absolute atomic E-state index is 0.0131. The van der Waals surface area contributed by atoms with E-state index >= 15 is 0 Å². The van der Waals surface area contributed by atoms with Crippen LogP contribution in [0.1, 0.15) is 81.8 Å². The Bertz CT molecular complexity index is 2320. The molecule has 1 saturated heterocycles. The summed E-state index contributed by atoms with van der Waals surface area (Å²) >= 11 is 2.99. The van der Waals surface area contributed by atoms with Crippen LogP contribution in [0.25, 0.3) is 0 Å². The second-order valence-electron chi connectivity index (χ2n) is 17.9. The zero-order valence-corrected chi connectivity index (χ0v) is 37.8. The highest BCUT2D eigenvalue weighted by Gasteiger charge is 2.74. The Kier molecular flexibility index (Phi) is 14.0. The number of ether oxygens (including phenoxy) is 2. The van der Waals surface area contributed by atoms with Crippen LogP contribution in [0.3, 0.4) is 0 Å². The first-order chi connectivity index (χ1) is 30.2. The van der Waals surface area contributed by atoms with E-state index in [0.717, 1.165) is 16.7 Å². The van der Waals surface area contributed by atoms with E-state index in [1.165, 1.54) is 0 Å². The van der Waals surface area contributed by atoms with Crippen LogP contribution < -0.4 is 16.0 Å². The van der Waals surface area contributed by atoms with Gasteiger partial charge in [0.25, 0.3) is 0 Å². The minimum Gasteiger partial charge on any atom is -0.481 e. The van der Waals surface area contributed by atoms with Gasteiger partial charge in [0.2, 0.25) is 17.7 Å². The second kappa shape index (κ2) is 18.8. The van der Waals surface area contributed by atoms with Crippen molar-refractivity contribution in [1.82, 2.24) is 10.6 Å². The summed E-state index contributed by atoms with van der Waals surface area (Å²) in [6, 6.07) is 13.1. The molecule has 10 atom stereocenters. The van der Waals surface area contributed by atoms with Gasteiger partial charge in [0.05, 0.1) is 24.1 Å². The van der Waals surface area contributed by atoms with Gasteiger partial charge >= 0.3 is 13.8 Å². The van der Waals surface area contributed by atoms with E-state index < -0.39 is 97.8 Å². The molecule has 2 aromatic carbocycles. The molecule has 3 amide bonds. The number of ketones is 2. The highest BCUT2D eigenvalue weighted by Crippen LogP contribution is 2.68. The summed E-state index contributed by atoms with van der Waals surface area (Å²) in [5.41, 5.74) is 0.165. The molecule has 5 aliphatic rings. The number of fused-ring (bicyclic) bond motifs is 8. The Labute approximate surface area is 378 Å². The Morgan fingerprint density at radius 1 is 1.02 bits per heavy atom. The number of anilines is 1. The number of hydrogen-bond donors (Lipinski definition) is 7. The molecule has 4 fully saturated rings. The van der Waals surface area contributed by atoms with Gasteiger partial charge in [-0.2, -0.15) is 0 Å². The quantitative estimate of drug-likeness (QED) is 0.0920. The monoisotopic (exact) mass is 969 g/mol. The van der Waals surface area contributed by atoms with Crippen molar-refractivity contribution in [1.29, 1.82) is 0 Å². The maximum absolute atomic E-state index is 14.6. The van der Waals surface area contributed by atoms with Crippen molar-refractivity contribution in [3.05, 3.63) is 89.0 Å². The second-order valence-corrected chi connectivity index (χ2v) is 19.7. The zero-order valence-electron chi connectivity index (χ0n) is 35.4. The van der Waals surface area contributed by atoms with Gasteiger partial charge in [-0.15, -0.1) is 0 Å². The van der Waals surface area contributed by atoms with Crippen LogP contribution in [0, 0.1) is 28.6 Å². The van der Waals surface area contributed by atoms with Crippen LogP contribution in [0.15, 0.2) is 72.3 Å². The molecule has 1 aliphatic heterocycles. The van der Waals surface area contributed by atoms with Crippen LogP contribution >= 0.6 is 23.8 Å². The van der Waals surface area contributed by atoms with Gasteiger partial charge in [0.15, 0.2) is 23.5 Å². The lowest BCUT2D eigenvalue weighted by Crippen LogP contribution is -2.58. The molecule has 0 spiro atoms. The van der Waals surface area contributed by atoms with Crippen LogP contribution in [0.2, 0.25) is 0 Å². The highest BCUT2D eigenvalue weighted by molar-refractivity contribution is 9.09. The maximum Gasteiger partial charge on any atom is 0.470 e. The Morgan fingerprint density at radius 2 is 1.75 bits per heavy atom.